The van der Waals surface area contributed by atoms with Crippen molar-refractivity contribution >= 4 is 0 Å². The lowest BCUT2D eigenvalue weighted by Crippen LogP contribution is -2.15. The molecule has 0 aliphatic rings. The van der Waals surface area contributed by atoms with Gasteiger partial charge in [-0.25, -0.2) is 0 Å². The Kier molecular flexibility index (Phi) is 40.8. The van der Waals surface area contributed by atoms with Crippen molar-refractivity contribution in [3.8, 4) is 0 Å². The molecule has 0 fully saturated rings. The lowest BCUT2D eigenvalue weighted by atomic mass is 10.2. The third-order valence-electron chi connectivity index (χ3n) is 1.38. The summed E-state index contributed by atoms with van der Waals surface area (Å²) in [4.78, 5) is 0. The predicted molar refractivity (Wildman–Crippen MR) is 70.0 cm³/mol. The summed E-state index contributed by atoms with van der Waals surface area (Å²) in [5, 5.41) is 3.37. The Bertz CT molecular complexity index is 47.2. The molecule has 0 aromatic carbocycles. The summed E-state index contributed by atoms with van der Waals surface area (Å²) in [6, 6.07) is 0. The minimum absolute atomic E-state index is 1.18. The van der Waals surface area contributed by atoms with Crippen LogP contribution >= 0.6 is 0 Å². The molecular weight excluding hydrogens is 170 g/mol. The van der Waals surface area contributed by atoms with Crippen LogP contribution in [0.4, 0.5) is 0 Å². The topological polar surface area (TPSA) is 12.0 Å². The van der Waals surface area contributed by atoms with E-state index in [1.165, 1.54) is 45.2 Å². The first kappa shape index (κ1) is 19.5. The van der Waals surface area contributed by atoms with Gasteiger partial charge in [0.2, 0.25) is 0 Å². The molecule has 0 aliphatic heterocycles. The Hall–Kier alpha value is -0.0400. The number of hydrogen-bond acceptors (Lipinski definition) is 1. The van der Waals surface area contributed by atoms with Gasteiger partial charge in [0.05, 0.1) is 0 Å². The van der Waals surface area contributed by atoms with Crippen LogP contribution in [-0.2, 0) is 0 Å². The van der Waals surface area contributed by atoms with Crippen molar-refractivity contribution in [1.29, 1.82) is 0 Å². The Morgan fingerprint density at radius 2 is 1.21 bits per heavy atom. The number of nitrogens with one attached hydrogen (secondary N) is 1. The fourth-order valence-electron chi connectivity index (χ4n) is 0.802. The molecule has 0 bridgehead atoms. The van der Waals surface area contributed by atoms with E-state index in [0.717, 1.165) is 0 Å². The first-order chi connectivity index (χ1) is 6.83. The summed E-state index contributed by atoms with van der Waals surface area (Å²) in [7, 11) is 0. The summed E-state index contributed by atoms with van der Waals surface area (Å²) in [5.74, 6) is 0. The van der Waals surface area contributed by atoms with E-state index in [-0.39, 0.29) is 0 Å². The van der Waals surface area contributed by atoms with Crippen LogP contribution in [0, 0.1) is 0 Å². The highest BCUT2D eigenvalue weighted by Gasteiger charge is 1.83. The maximum atomic E-state index is 3.37. The van der Waals surface area contributed by atoms with Crippen LogP contribution in [0.2, 0.25) is 0 Å². The van der Waals surface area contributed by atoms with Crippen molar-refractivity contribution in [2.24, 2.45) is 0 Å². The first-order valence-corrected chi connectivity index (χ1v) is 6.54. The van der Waals surface area contributed by atoms with Gasteiger partial charge in [0, 0.05) is 0 Å². The van der Waals surface area contributed by atoms with Crippen molar-refractivity contribution in [2.75, 3.05) is 13.1 Å². The molecular formula is C13H33N. The Morgan fingerprint density at radius 1 is 0.714 bits per heavy atom. The zero-order valence-electron chi connectivity index (χ0n) is 11.4. The second-order valence-electron chi connectivity index (χ2n) is 3.16. The minimum Gasteiger partial charge on any atom is -0.317 e. The Morgan fingerprint density at radius 3 is 1.57 bits per heavy atom. The van der Waals surface area contributed by atoms with E-state index in [1.54, 1.807) is 0 Å². The molecule has 1 heteroatoms. The summed E-state index contributed by atoms with van der Waals surface area (Å²) in [5.41, 5.74) is 0. The quantitative estimate of drug-likeness (QED) is 0.621. The standard InChI is InChI=1S/C8H19N.C3H8.C2H6/c1-3-5-6-8-9-7-4-2;1-3-2;1-2/h9H,3-8H2,1-2H3;3H2,1-2H3;1-2H3. The van der Waals surface area contributed by atoms with E-state index in [9.17, 15) is 0 Å². The highest BCUT2D eigenvalue weighted by molar-refractivity contribution is 4.45. The second-order valence-corrected chi connectivity index (χ2v) is 3.16. The second kappa shape index (κ2) is 29.3. The predicted octanol–water partition coefficient (Wildman–Crippen LogP) is 4.62. The summed E-state index contributed by atoms with van der Waals surface area (Å²) < 4.78 is 0. The molecule has 1 N–H and O–H groups in total. The third-order valence-corrected chi connectivity index (χ3v) is 1.38. The van der Waals surface area contributed by atoms with Crippen LogP contribution in [0.25, 0.3) is 0 Å². The van der Waals surface area contributed by atoms with E-state index in [4.69, 9.17) is 0 Å². The Balaban J connectivity index is -0.000000205. The molecule has 0 rings (SSSR count). The average Bonchev–Trinajstić information content (AvgIpc) is 2.22. The van der Waals surface area contributed by atoms with Gasteiger partial charge < -0.3 is 5.32 Å². The van der Waals surface area contributed by atoms with Crippen LogP contribution < -0.4 is 5.32 Å². The normalized spacial score (nSPS) is 8.14. The highest BCUT2D eigenvalue weighted by atomic mass is 14.8. The Labute approximate surface area is 92.7 Å². The van der Waals surface area contributed by atoms with Crippen LogP contribution in [-0.4, -0.2) is 13.1 Å². The van der Waals surface area contributed by atoms with Crippen LogP contribution in [0.15, 0.2) is 0 Å². The SMILES string of the molecule is CC.CCC.CCCCCNCCC. The molecule has 0 radical (unpaired) electrons. The monoisotopic (exact) mass is 203 g/mol. The zero-order chi connectivity index (χ0) is 11.7. The highest BCUT2D eigenvalue weighted by Crippen LogP contribution is 1.90. The lowest BCUT2D eigenvalue weighted by Gasteiger charge is -1.99. The molecule has 14 heavy (non-hydrogen) atoms. The molecule has 0 saturated carbocycles. The van der Waals surface area contributed by atoms with E-state index in [2.05, 4.69) is 33.0 Å². The molecule has 0 saturated heterocycles. The molecule has 0 unspecified atom stereocenters. The average molecular weight is 203 g/mol. The van der Waals surface area contributed by atoms with Gasteiger partial charge in [-0.15, -0.1) is 0 Å². The third kappa shape index (κ3) is 40.4. The maximum absolute atomic E-state index is 3.37. The van der Waals surface area contributed by atoms with Crippen molar-refractivity contribution in [2.45, 2.75) is 73.6 Å². The van der Waals surface area contributed by atoms with Gasteiger partial charge in [-0.1, -0.05) is 60.8 Å². The number of hydrogen-bond donors (Lipinski definition) is 1. The van der Waals surface area contributed by atoms with Gasteiger partial charge >= 0.3 is 0 Å². The summed E-state index contributed by atoms with van der Waals surface area (Å²) >= 11 is 0. The van der Waals surface area contributed by atoms with Gasteiger partial charge in [0.15, 0.2) is 0 Å². The smallest absolute Gasteiger partial charge is 0.00489 e. The largest absolute Gasteiger partial charge is 0.317 e. The summed E-state index contributed by atoms with van der Waals surface area (Å²) in [6.45, 7) is 15.1. The van der Waals surface area contributed by atoms with E-state index < -0.39 is 0 Å². The molecule has 0 amide bonds. The molecule has 1 nitrogen and oxygen atoms in total. The molecule has 0 aliphatic carbocycles. The fraction of sp³-hybridized carbons (Fsp3) is 1.00. The van der Waals surface area contributed by atoms with Crippen LogP contribution in [0.3, 0.4) is 0 Å². The van der Waals surface area contributed by atoms with Gasteiger partial charge in [-0.2, -0.15) is 0 Å². The minimum atomic E-state index is 1.18. The molecule has 0 heterocycles. The van der Waals surface area contributed by atoms with Gasteiger partial charge in [0.25, 0.3) is 0 Å². The van der Waals surface area contributed by atoms with Crippen LogP contribution in [0.5, 0.6) is 0 Å². The molecule has 0 aromatic rings. The van der Waals surface area contributed by atoms with E-state index >= 15 is 0 Å². The molecule has 0 atom stereocenters. The van der Waals surface area contributed by atoms with Crippen LogP contribution in [0.1, 0.15) is 73.6 Å². The van der Waals surface area contributed by atoms with Crippen molar-refractivity contribution in [3.63, 3.8) is 0 Å². The van der Waals surface area contributed by atoms with E-state index in [0.29, 0.717) is 0 Å². The maximum Gasteiger partial charge on any atom is -0.00489 e. The number of unbranched alkanes of at least 4 members (excludes halogenated alkanes) is 2. The molecule has 0 spiro atoms. The van der Waals surface area contributed by atoms with E-state index in [1.807, 2.05) is 13.8 Å². The van der Waals surface area contributed by atoms with Crippen molar-refractivity contribution in [3.05, 3.63) is 0 Å². The van der Waals surface area contributed by atoms with Gasteiger partial charge in [0.1, 0.15) is 0 Å². The van der Waals surface area contributed by atoms with Gasteiger partial charge in [-0.05, 0) is 25.9 Å². The lowest BCUT2D eigenvalue weighted by molar-refractivity contribution is 0.611. The fourth-order valence-corrected chi connectivity index (χ4v) is 0.802. The summed E-state index contributed by atoms with van der Waals surface area (Å²) in [6.07, 6.45) is 6.55. The first-order valence-electron chi connectivity index (χ1n) is 6.54. The molecule has 90 valence electrons. The van der Waals surface area contributed by atoms with Gasteiger partial charge in [-0.3, -0.25) is 0 Å². The van der Waals surface area contributed by atoms with Crippen molar-refractivity contribution < 1.29 is 0 Å². The van der Waals surface area contributed by atoms with Crippen molar-refractivity contribution in [1.82, 2.24) is 5.32 Å². The number of rotatable bonds is 6. The zero-order valence-corrected chi connectivity index (χ0v) is 11.4. The molecule has 0 aromatic heterocycles.